The Kier molecular flexibility index (Phi) is 7.63. The summed E-state index contributed by atoms with van der Waals surface area (Å²) in [6.45, 7) is 0. The van der Waals surface area contributed by atoms with E-state index in [1.165, 1.54) is 12.1 Å². The lowest BCUT2D eigenvalue weighted by Gasteiger charge is -2.37. The Morgan fingerprint density at radius 1 is 0.267 bits per heavy atom. The van der Waals surface area contributed by atoms with Crippen LogP contribution in [0.3, 0.4) is 0 Å². The molecular formula is C43H30F2. The van der Waals surface area contributed by atoms with Crippen LogP contribution in [0.2, 0.25) is 0 Å². The summed E-state index contributed by atoms with van der Waals surface area (Å²) in [7, 11) is 0. The number of rotatable bonds is 7. The van der Waals surface area contributed by atoms with E-state index in [0.29, 0.717) is 0 Å². The van der Waals surface area contributed by atoms with Crippen LogP contribution in [-0.4, -0.2) is 0 Å². The lowest BCUT2D eigenvalue weighted by Crippen LogP contribution is -2.31. The second kappa shape index (κ2) is 12.2. The van der Waals surface area contributed by atoms with Gasteiger partial charge in [-0.25, -0.2) is 8.78 Å². The number of hydrogen-bond donors (Lipinski definition) is 0. The molecule has 45 heavy (non-hydrogen) atoms. The van der Waals surface area contributed by atoms with Crippen molar-refractivity contribution in [1.82, 2.24) is 0 Å². The van der Waals surface area contributed by atoms with E-state index in [0.717, 1.165) is 55.6 Å². The van der Waals surface area contributed by atoms with Crippen molar-refractivity contribution in [3.05, 3.63) is 216 Å². The molecule has 7 rings (SSSR count). The molecule has 0 aromatic heterocycles. The van der Waals surface area contributed by atoms with Crippen molar-refractivity contribution in [2.45, 2.75) is 5.41 Å². The fourth-order valence-corrected chi connectivity index (χ4v) is 6.39. The first-order chi connectivity index (χ1) is 22.1. The van der Waals surface area contributed by atoms with Gasteiger partial charge in [0.15, 0.2) is 0 Å². The van der Waals surface area contributed by atoms with Crippen LogP contribution in [0.15, 0.2) is 182 Å². The molecule has 0 aliphatic heterocycles. The highest BCUT2D eigenvalue weighted by atomic mass is 19.1. The van der Waals surface area contributed by atoms with Gasteiger partial charge in [0.25, 0.3) is 0 Å². The summed E-state index contributed by atoms with van der Waals surface area (Å²) in [6.07, 6.45) is 0. The second-order valence-electron chi connectivity index (χ2n) is 11.2. The molecule has 0 nitrogen and oxygen atoms in total. The van der Waals surface area contributed by atoms with Crippen molar-refractivity contribution in [2.24, 2.45) is 0 Å². The van der Waals surface area contributed by atoms with Gasteiger partial charge in [0.2, 0.25) is 0 Å². The molecule has 0 unspecified atom stereocenters. The fourth-order valence-electron chi connectivity index (χ4n) is 6.39. The van der Waals surface area contributed by atoms with Crippen molar-refractivity contribution < 1.29 is 8.78 Å². The largest absolute Gasteiger partial charge is 0.207 e. The summed E-state index contributed by atoms with van der Waals surface area (Å²) >= 11 is 0. The van der Waals surface area contributed by atoms with Gasteiger partial charge in [0, 0.05) is 0 Å². The zero-order valence-electron chi connectivity index (χ0n) is 24.6. The minimum atomic E-state index is -0.669. The topological polar surface area (TPSA) is 0 Å². The molecule has 7 aromatic rings. The quantitative estimate of drug-likeness (QED) is 0.164. The highest BCUT2D eigenvalue weighted by Crippen LogP contribution is 2.46. The molecule has 0 radical (unpaired) electrons. The average Bonchev–Trinajstić information content (AvgIpc) is 3.10. The van der Waals surface area contributed by atoms with Crippen molar-refractivity contribution >= 4 is 0 Å². The lowest BCUT2D eigenvalue weighted by atomic mass is 9.64. The van der Waals surface area contributed by atoms with E-state index < -0.39 is 5.41 Å². The number of halogens is 2. The molecule has 0 aliphatic rings. The van der Waals surface area contributed by atoms with Gasteiger partial charge in [-0.1, -0.05) is 158 Å². The van der Waals surface area contributed by atoms with E-state index in [-0.39, 0.29) is 11.6 Å². The first kappa shape index (κ1) is 28.2. The molecule has 0 heterocycles. The zero-order chi connectivity index (χ0) is 30.6. The smallest absolute Gasteiger partial charge is 0.123 e. The first-order valence-electron chi connectivity index (χ1n) is 15.1. The van der Waals surface area contributed by atoms with Gasteiger partial charge in [0.1, 0.15) is 11.6 Å². The third kappa shape index (κ3) is 5.47. The van der Waals surface area contributed by atoms with Gasteiger partial charge in [0.05, 0.1) is 5.41 Å². The predicted molar refractivity (Wildman–Crippen MR) is 181 cm³/mol. The Morgan fingerprint density at radius 3 is 0.978 bits per heavy atom. The molecule has 216 valence electrons. The highest BCUT2D eigenvalue weighted by Gasteiger charge is 2.38. The molecule has 0 atom stereocenters. The molecule has 0 bridgehead atoms. The number of benzene rings is 7. The van der Waals surface area contributed by atoms with Crippen LogP contribution in [0.4, 0.5) is 8.78 Å². The third-order valence-corrected chi connectivity index (χ3v) is 8.58. The van der Waals surface area contributed by atoms with Gasteiger partial charge >= 0.3 is 0 Å². The van der Waals surface area contributed by atoms with Crippen LogP contribution in [0.25, 0.3) is 33.4 Å². The van der Waals surface area contributed by atoms with E-state index in [1.807, 2.05) is 24.3 Å². The molecule has 0 aliphatic carbocycles. The Balaban J connectivity index is 1.44. The fraction of sp³-hybridized carbons (Fsp3) is 0.0233. The van der Waals surface area contributed by atoms with E-state index in [4.69, 9.17) is 0 Å². The maximum atomic E-state index is 14.1. The number of hydrogen-bond acceptors (Lipinski definition) is 0. The van der Waals surface area contributed by atoms with Gasteiger partial charge in [-0.15, -0.1) is 0 Å². The van der Waals surface area contributed by atoms with E-state index in [9.17, 15) is 8.78 Å². The van der Waals surface area contributed by atoms with Gasteiger partial charge in [-0.3, -0.25) is 0 Å². The minimum Gasteiger partial charge on any atom is -0.207 e. The molecule has 2 heteroatoms. The summed E-state index contributed by atoms with van der Waals surface area (Å²) in [5, 5.41) is 0. The van der Waals surface area contributed by atoms with Crippen LogP contribution < -0.4 is 0 Å². The normalized spacial score (nSPS) is 11.3. The van der Waals surface area contributed by atoms with Crippen molar-refractivity contribution in [2.75, 3.05) is 0 Å². The van der Waals surface area contributed by atoms with Crippen LogP contribution in [0.5, 0.6) is 0 Å². The maximum absolute atomic E-state index is 14.1. The molecular weight excluding hydrogens is 554 g/mol. The summed E-state index contributed by atoms with van der Waals surface area (Å²) in [5.74, 6) is -0.515. The third-order valence-electron chi connectivity index (χ3n) is 8.58. The maximum Gasteiger partial charge on any atom is 0.123 e. The summed E-state index contributed by atoms with van der Waals surface area (Å²) < 4.78 is 28.2. The van der Waals surface area contributed by atoms with E-state index in [1.54, 1.807) is 24.3 Å². The van der Waals surface area contributed by atoms with Crippen LogP contribution >= 0.6 is 0 Å². The monoisotopic (exact) mass is 584 g/mol. The highest BCUT2D eigenvalue weighted by molar-refractivity contribution is 5.70. The van der Waals surface area contributed by atoms with E-state index >= 15 is 0 Å². The van der Waals surface area contributed by atoms with Crippen molar-refractivity contribution in [3.8, 4) is 33.4 Å². The van der Waals surface area contributed by atoms with Crippen LogP contribution in [0, 0.1) is 11.6 Å². The van der Waals surface area contributed by atoms with Gasteiger partial charge in [-0.2, -0.15) is 0 Å². The SMILES string of the molecule is Fc1cccc(-c2ccc(C(c3ccccc3)(c3ccc(-c4ccccc4)cc3)c3ccc(-c4cccc(F)c4)cc3)cc2)c1. The zero-order valence-corrected chi connectivity index (χ0v) is 24.6. The molecule has 0 saturated carbocycles. The molecule has 7 aromatic carbocycles. The van der Waals surface area contributed by atoms with Gasteiger partial charge in [-0.05, 0) is 79.9 Å². The van der Waals surface area contributed by atoms with Crippen LogP contribution in [-0.2, 0) is 5.41 Å². The molecule has 0 spiro atoms. The summed E-state index contributed by atoms with van der Waals surface area (Å²) in [6, 6.07) is 60.0. The summed E-state index contributed by atoms with van der Waals surface area (Å²) in [4.78, 5) is 0. The predicted octanol–water partition coefficient (Wildman–Crippen LogP) is 11.3. The second-order valence-corrected chi connectivity index (χ2v) is 11.2. The van der Waals surface area contributed by atoms with Gasteiger partial charge < -0.3 is 0 Å². The molecule has 0 amide bonds. The molecule has 0 fully saturated rings. The Bertz CT molecular complexity index is 1940. The minimum absolute atomic E-state index is 0.257. The van der Waals surface area contributed by atoms with E-state index in [2.05, 4.69) is 121 Å². The summed E-state index contributed by atoms with van der Waals surface area (Å²) in [5.41, 5.74) is 9.59. The Labute approximate surface area is 262 Å². The Morgan fingerprint density at radius 2 is 0.578 bits per heavy atom. The van der Waals surface area contributed by atoms with Crippen molar-refractivity contribution in [3.63, 3.8) is 0 Å². The molecule has 0 N–H and O–H groups in total. The Hall–Kier alpha value is -5.60. The lowest BCUT2D eigenvalue weighted by molar-refractivity contribution is 0.628. The van der Waals surface area contributed by atoms with Crippen LogP contribution in [0.1, 0.15) is 22.3 Å². The first-order valence-corrected chi connectivity index (χ1v) is 15.1. The average molecular weight is 585 g/mol. The molecule has 0 saturated heterocycles. The van der Waals surface area contributed by atoms with Crippen molar-refractivity contribution in [1.29, 1.82) is 0 Å². The standard InChI is InChI=1S/C43H30F2/c44-41-15-7-11-35(29-41)33-19-25-39(26-20-33)43(37-13-5-2-6-14-37,38-23-17-32(18-24-38)31-9-3-1-4-10-31)40-27-21-34(22-28-40)36-12-8-16-42(45)30-36/h1-30H.